The minimum absolute atomic E-state index is 0.195. The van der Waals surface area contributed by atoms with Gasteiger partial charge in [0.15, 0.2) is 0 Å². The SMILES string of the molecule is CCOc1ccccc1NC1=C(c2ccc(C)cc2)C(=O)N(c2cccc(Cl)c2)C1=O. The molecule has 5 nitrogen and oxygen atoms in total. The second-order valence-corrected chi connectivity index (χ2v) is 7.53. The van der Waals surface area contributed by atoms with Crippen LogP contribution < -0.4 is 15.0 Å². The topological polar surface area (TPSA) is 58.6 Å². The van der Waals surface area contributed by atoms with Gasteiger partial charge in [-0.05, 0) is 49.7 Å². The van der Waals surface area contributed by atoms with E-state index in [9.17, 15) is 9.59 Å². The Morgan fingerprint density at radius 3 is 2.39 bits per heavy atom. The fourth-order valence-corrected chi connectivity index (χ4v) is 3.65. The van der Waals surface area contributed by atoms with Crippen LogP contribution in [0.15, 0.2) is 78.5 Å². The Morgan fingerprint density at radius 1 is 0.935 bits per heavy atom. The Hall–Kier alpha value is -3.57. The summed E-state index contributed by atoms with van der Waals surface area (Å²) < 4.78 is 5.68. The molecular weight excluding hydrogens is 412 g/mol. The number of hydrogen-bond donors (Lipinski definition) is 1. The third kappa shape index (κ3) is 4.05. The van der Waals surface area contributed by atoms with Gasteiger partial charge in [-0.15, -0.1) is 0 Å². The summed E-state index contributed by atoms with van der Waals surface area (Å²) in [5, 5.41) is 3.60. The first-order chi connectivity index (χ1) is 15.0. The molecule has 0 spiro atoms. The van der Waals surface area contributed by atoms with Crippen LogP contribution in [0.2, 0.25) is 5.02 Å². The zero-order chi connectivity index (χ0) is 22.0. The van der Waals surface area contributed by atoms with Crippen molar-refractivity contribution in [3.05, 3.63) is 94.6 Å². The van der Waals surface area contributed by atoms with Crippen LogP contribution >= 0.6 is 11.6 Å². The van der Waals surface area contributed by atoms with Crippen LogP contribution in [0.4, 0.5) is 11.4 Å². The van der Waals surface area contributed by atoms with Crippen molar-refractivity contribution in [1.82, 2.24) is 0 Å². The number of aryl methyl sites for hydroxylation is 1. The predicted molar refractivity (Wildman–Crippen MR) is 123 cm³/mol. The number of anilines is 2. The van der Waals surface area contributed by atoms with E-state index in [0.29, 0.717) is 39.9 Å². The zero-order valence-electron chi connectivity index (χ0n) is 17.2. The van der Waals surface area contributed by atoms with Gasteiger partial charge in [0.1, 0.15) is 11.4 Å². The lowest BCUT2D eigenvalue weighted by molar-refractivity contribution is -0.120. The molecule has 1 aliphatic rings. The van der Waals surface area contributed by atoms with Crippen LogP contribution in [-0.2, 0) is 9.59 Å². The van der Waals surface area contributed by atoms with Gasteiger partial charge in [0, 0.05) is 5.02 Å². The van der Waals surface area contributed by atoms with Gasteiger partial charge in [-0.2, -0.15) is 0 Å². The molecule has 0 radical (unpaired) electrons. The molecule has 156 valence electrons. The second kappa shape index (κ2) is 8.66. The van der Waals surface area contributed by atoms with Gasteiger partial charge in [-0.25, -0.2) is 4.90 Å². The number of carbonyl (C=O) groups is 2. The Balaban J connectivity index is 1.83. The van der Waals surface area contributed by atoms with Crippen molar-refractivity contribution in [3.8, 4) is 5.75 Å². The summed E-state index contributed by atoms with van der Waals surface area (Å²) in [6, 6.07) is 21.5. The van der Waals surface area contributed by atoms with E-state index in [1.807, 2.05) is 62.4 Å². The molecule has 0 unspecified atom stereocenters. The highest BCUT2D eigenvalue weighted by Crippen LogP contribution is 2.36. The summed E-state index contributed by atoms with van der Waals surface area (Å²) in [5.74, 6) is -0.260. The van der Waals surface area contributed by atoms with E-state index in [1.165, 1.54) is 0 Å². The van der Waals surface area contributed by atoms with Crippen molar-refractivity contribution in [3.63, 3.8) is 0 Å². The Morgan fingerprint density at radius 2 is 1.68 bits per heavy atom. The molecule has 31 heavy (non-hydrogen) atoms. The van der Waals surface area contributed by atoms with Crippen LogP contribution in [0.1, 0.15) is 18.1 Å². The quantitative estimate of drug-likeness (QED) is 0.526. The standard InChI is InChI=1S/C25H21ClN2O3/c1-3-31-21-10-5-4-9-20(21)27-23-22(17-13-11-16(2)12-14-17)24(29)28(25(23)30)19-8-6-7-18(26)15-19/h4-15,27H,3H2,1-2H3. The average Bonchev–Trinajstić information content (AvgIpc) is 3.00. The fraction of sp³-hybridized carbons (Fsp3) is 0.120. The predicted octanol–water partition coefficient (Wildman–Crippen LogP) is 5.44. The van der Waals surface area contributed by atoms with E-state index in [0.717, 1.165) is 10.5 Å². The van der Waals surface area contributed by atoms with Gasteiger partial charge >= 0.3 is 0 Å². The number of hydrogen-bond acceptors (Lipinski definition) is 4. The molecule has 4 rings (SSSR count). The lowest BCUT2D eigenvalue weighted by Crippen LogP contribution is -2.32. The van der Waals surface area contributed by atoms with Crippen molar-refractivity contribution in [2.75, 3.05) is 16.8 Å². The summed E-state index contributed by atoms with van der Waals surface area (Å²) in [5.41, 5.74) is 3.24. The maximum atomic E-state index is 13.5. The molecule has 0 fully saturated rings. The Bertz CT molecular complexity index is 1190. The Labute approximate surface area is 185 Å². The largest absolute Gasteiger partial charge is 0.492 e. The number of amides is 2. The van der Waals surface area contributed by atoms with Crippen molar-refractivity contribution < 1.29 is 14.3 Å². The molecule has 0 aromatic heterocycles. The first-order valence-corrected chi connectivity index (χ1v) is 10.3. The zero-order valence-corrected chi connectivity index (χ0v) is 17.9. The third-order valence-electron chi connectivity index (χ3n) is 4.94. The van der Waals surface area contributed by atoms with Gasteiger partial charge in [0.25, 0.3) is 11.8 Å². The number of para-hydroxylation sites is 2. The normalized spacial score (nSPS) is 13.7. The summed E-state index contributed by atoms with van der Waals surface area (Å²) in [7, 11) is 0. The molecule has 0 atom stereocenters. The summed E-state index contributed by atoms with van der Waals surface area (Å²) in [4.78, 5) is 28.1. The molecular formula is C25H21ClN2O3. The molecule has 0 saturated carbocycles. The van der Waals surface area contributed by atoms with Crippen molar-refractivity contribution in [1.29, 1.82) is 0 Å². The number of nitrogens with zero attached hydrogens (tertiary/aromatic N) is 1. The fourth-order valence-electron chi connectivity index (χ4n) is 3.47. The van der Waals surface area contributed by atoms with Gasteiger partial charge in [0.05, 0.1) is 23.6 Å². The second-order valence-electron chi connectivity index (χ2n) is 7.10. The Kier molecular flexibility index (Phi) is 5.78. The summed E-state index contributed by atoms with van der Waals surface area (Å²) >= 11 is 6.12. The van der Waals surface area contributed by atoms with Crippen molar-refractivity contribution >= 4 is 40.4 Å². The number of ether oxygens (including phenoxy) is 1. The number of halogens is 1. The van der Waals surface area contributed by atoms with Crippen molar-refractivity contribution in [2.24, 2.45) is 0 Å². The van der Waals surface area contributed by atoms with Crippen LogP contribution in [0.25, 0.3) is 5.57 Å². The molecule has 0 saturated heterocycles. The monoisotopic (exact) mass is 432 g/mol. The molecule has 1 aliphatic heterocycles. The number of carbonyl (C=O) groups excluding carboxylic acids is 2. The van der Waals surface area contributed by atoms with E-state index >= 15 is 0 Å². The van der Waals surface area contributed by atoms with Gasteiger partial charge < -0.3 is 10.1 Å². The van der Waals surface area contributed by atoms with Crippen LogP contribution in [0.3, 0.4) is 0 Å². The maximum Gasteiger partial charge on any atom is 0.282 e. The van der Waals surface area contributed by atoms with Crippen LogP contribution in [0, 0.1) is 6.92 Å². The van der Waals surface area contributed by atoms with E-state index in [4.69, 9.17) is 16.3 Å². The molecule has 3 aromatic carbocycles. The van der Waals surface area contributed by atoms with Gasteiger partial charge in [-0.1, -0.05) is 59.6 Å². The summed E-state index contributed by atoms with van der Waals surface area (Å²) in [6.45, 7) is 4.33. The number of nitrogens with one attached hydrogen (secondary N) is 1. The van der Waals surface area contributed by atoms with Crippen molar-refractivity contribution in [2.45, 2.75) is 13.8 Å². The smallest absolute Gasteiger partial charge is 0.282 e. The van der Waals surface area contributed by atoms with Crippen LogP contribution in [0.5, 0.6) is 5.75 Å². The number of benzene rings is 3. The van der Waals surface area contributed by atoms with Crippen LogP contribution in [-0.4, -0.2) is 18.4 Å². The number of rotatable bonds is 6. The highest BCUT2D eigenvalue weighted by molar-refractivity contribution is 6.46. The van der Waals surface area contributed by atoms with Gasteiger partial charge in [0.2, 0.25) is 0 Å². The average molecular weight is 433 g/mol. The third-order valence-corrected chi connectivity index (χ3v) is 5.17. The van der Waals surface area contributed by atoms with E-state index in [-0.39, 0.29) is 5.70 Å². The first kappa shape index (κ1) is 20.7. The lowest BCUT2D eigenvalue weighted by atomic mass is 10.0. The maximum absolute atomic E-state index is 13.5. The van der Waals surface area contributed by atoms with E-state index in [1.54, 1.807) is 24.3 Å². The highest BCUT2D eigenvalue weighted by atomic mass is 35.5. The minimum atomic E-state index is -0.450. The minimum Gasteiger partial charge on any atom is -0.492 e. The molecule has 3 aromatic rings. The van der Waals surface area contributed by atoms with E-state index in [2.05, 4.69) is 5.32 Å². The number of imide groups is 1. The molecule has 2 amide bonds. The molecule has 1 heterocycles. The molecule has 1 N–H and O–H groups in total. The summed E-state index contributed by atoms with van der Waals surface area (Å²) in [6.07, 6.45) is 0. The molecule has 0 aliphatic carbocycles. The van der Waals surface area contributed by atoms with Gasteiger partial charge in [-0.3, -0.25) is 9.59 Å². The highest BCUT2D eigenvalue weighted by Gasteiger charge is 2.40. The first-order valence-electron chi connectivity index (χ1n) is 9.94. The lowest BCUT2D eigenvalue weighted by Gasteiger charge is -2.16. The molecule has 0 bridgehead atoms. The van der Waals surface area contributed by atoms with E-state index < -0.39 is 11.8 Å². The molecule has 6 heteroatoms.